The van der Waals surface area contributed by atoms with Crippen LogP contribution in [0, 0.1) is 10.5 Å². The molecule has 2 rings (SSSR count). The predicted octanol–water partition coefficient (Wildman–Crippen LogP) is 3.41. The van der Waals surface area contributed by atoms with E-state index < -0.39 is 0 Å². The van der Waals surface area contributed by atoms with E-state index in [9.17, 15) is 0 Å². The van der Waals surface area contributed by atoms with E-state index in [-0.39, 0.29) is 0 Å². The first-order valence-corrected chi connectivity index (χ1v) is 6.69. The molecular formula is C13H18IN. The third kappa shape index (κ3) is 2.72. The van der Waals surface area contributed by atoms with E-state index in [1.54, 1.807) is 0 Å². The van der Waals surface area contributed by atoms with E-state index in [1.165, 1.54) is 40.6 Å². The molecule has 0 aliphatic carbocycles. The van der Waals surface area contributed by atoms with Gasteiger partial charge in [-0.25, -0.2) is 0 Å². The quantitative estimate of drug-likeness (QED) is 0.718. The van der Waals surface area contributed by atoms with Crippen LogP contribution in [0.4, 0.5) is 0 Å². The van der Waals surface area contributed by atoms with Crippen molar-refractivity contribution in [2.75, 3.05) is 20.1 Å². The first-order valence-electron chi connectivity index (χ1n) is 5.61. The number of hydrogen-bond acceptors (Lipinski definition) is 1. The zero-order chi connectivity index (χ0) is 10.8. The largest absolute Gasteiger partial charge is 0.306 e. The van der Waals surface area contributed by atoms with Crippen LogP contribution in [0.3, 0.4) is 0 Å². The number of piperidine rings is 1. The SMILES string of the molecule is Cc1ccc(C2CCN(C)CC2)cc1I. The van der Waals surface area contributed by atoms with Crippen LogP contribution in [0.2, 0.25) is 0 Å². The molecule has 1 aromatic rings. The van der Waals surface area contributed by atoms with Crippen molar-refractivity contribution in [2.24, 2.45) is 0 Å². The Kier molecular flexibility index (Phi) is 3.67. The summed E-state index contributed by atoms with van der Waals surface area (Å²) in [4.78, 5) is 2.43. The Morgan fingerprint density at radius 1 is 1.27 bits per heavy atom. The van der Waals surface area contributed by atoms with Crippen LogP contribution in [-0.2, 0) is 0 Å². The molecule has 0 atom stereocenters. The summed E-state index contributed by atoms with van der Waals surface area (Å²) in [5.41, 5.74) is 2.94. The van der Waals surface area contributed by atoms with Crippen LogP contribution in [0.1, 0.15) is 29.9 Å². The van der Waals surface area contributed by atoms with Crippen LogP contribution in [0.5, 0.6) is 0 Å². The number of rotatable bonds is 1. The smallest absolute Gasteiger partial charge is 0.0162 e. The molecule has 0 spiro atoms. The number of benzene rings is 1. The molecule has 0 amide bonds. The first-order chi connectivity index (χ1) is 7.16. The Morgan fingerprint density at radius 3 is 2.53 bits per heavy atom. The second-order valence-corrected chi connectivity index (χ2v) is 5.75. The van der Waals surface area contributed by atoms with Crippen molar-refractivity contribution in [3.8, 4) is 0 Å². The Balaban J connectivity index is 2.12. The topological polar surface area (TPSA) is 3.24 Å². The molecule has 0 aromatic heterocycles. The lowest BCUT2D eigenvalue weighted by molar-refractivity contribution is 0.255. The van der Waals surface area contributed by atoms with Crippen molar-refractivity contribution in [3.63, 3.8) is 0 Å². The molecule has 82 valence electrons. The van der Waals surface area contributed by atoms with Gasteiger partial charge in [0.2, 0.25) is 0 Å². The summed E-state index contributed by atoms with van der Waals surface area (Å²) in [5, 5.41) is 0. The maximum atomic E-state index is 2.44. The molecule has 2 heteroatoms. The number of halogens is 1. The minimum atomic E-state index is 0.787. The first kappa shape index (κ1) is 11.4. The molecule has 1 aromatic carbocycles. The summed E-state index contributed by atoms with van der Waals surface area (Å²) in [5.74, 6) is 0.787. The third-order valence-corrected chi connectivity index (χ3v) is 4.55. The van der Waals surface area contributed by atoms with Crippen LogP contribution in [0.25, 0.3) is 0 Å². The molecule has 1 aliphatic heterocycles. The molecule has 15 heavy (non-hydrogen) atoms. The standard InChI is InChI=1S/C13H18IN/c1-10-3-4-12(9-13(10)14)11-5-7-15(2)8-6-11/h3-4,9,11H,5-8H2,1-2H3. The summed E-state index contributed by atoms with van der Waals surface area (Å²) < 4.78 is 1.41. The number of hydrogen-bond donors (Lipinski definition) is 0. The maximum Gasteiger partial charge on any atom is 0.0162 e. The van der Waals surface area contributed by atoms with Crippen molar-refractivity contribution in [1.82, 2.24) is 4.90 Å². The average Bonchev–Trinajstić information content (AvgIpc) is 2.23. The summed E-state index contributed by atoms with van der Waals surface area (Å²) in [6.07, 6.45) is 2.63. The second-order valence-electron chi connectivity index (χ2n) is 4.59. The molecule has 0 saturated carbocycles. The molecule has 1 nitrogen and oxygen atoms in total. The zero-order valence-electron chi connectivity index (χ0n) is 9.46. The van der Waals surface area contributed by atoms with Crippen LogP contribution in [-0.4, -0.2) is 25.0 Å². The van der Waals surface area contributed by atoms with Crippen LogP contribution in [0.15, 0.2) is 18.2 Å². The van der Waals surface area contributed by atoms with Gasteiger partial charge in [0.05, 0.1) is 0 Å². The van der Waals surface area contributed by atoms with E-state index in [0.29, 0.717) is 0 Å². The Hall–Kier alpha value is -0.0900. The van der Waals surface area contributed by atoms with E-state index >= 15 is 0 Å². The van der Waals surface area contributed by atoms with Gasteiger partial charge in [0.1, 0.15) is 0 Å². The van der Waals surface area contributed by atoms with Gasteiger partial charge in [0.25, 0.3) is 0 Å². The summed E-state index contributed by atoms with van der Waals surface area (Å²) >= 11 is 2.44. The molecule has 0 N–H and O–H groups in total. The van der Waals surface area contributed by atoms with Gasteiger partial charge in [-0.2, -0.15) is 0 Å². The average molecular weight is 315 g/mol. The fourth-order valence-corrected chi connectivity index (χ4v) is 2.74. The van der Waals surface area contributed by atoms with Gasteiger partial charge < -0.3 is 4.90 Å². The number of likely N-dealkylation sites (tertiary alicyclic amines) is 1. The summed E-state index contributed by atoms with van der Waals surface area (Å²) in [7, 11) is 2.22. The predicted molar refractivity (Wildman–Crippen MR) is 73.4 cm³/mol. The summed E-state index contributed by atoms with van der Waals surface area (Å²) in [6, 6.07) is 6.94. The highest BCUT2D eigenvalue weighted by molar-refractivity contribution is 14.1. The van der Waals surface area contributed by atoms with E-state index in [2.05, 4.69) is 59.7 Å². The molecular weight excluding hydrogens is 297 g/mol. The fraction of sp³-hybridized carbons (Fsp3) is 0.538. The monoisotopic (exact) mass is 315 g/mol. The normalized spacial score (nSPS) is 19.4. The Labute approximate surface area is 106 Å². The van der Waals surface area contributed by atoms with Gasteiger partial charge in [0, 0.05) is 3.57 Å². The van der Waals surface area contributed by atoms with Crippen molar-refractivity contribution in [3.05, 3.63) is 32.9 Å². The second kappa shape index (κ2) is 4.83. The van der Waals surface area contributed by atoms with Crippen LogP contribution >= 0.6 is 22.6 Å². The minimum absolute atomic E-state index is 0.787. The molecule has 1 heterocycles. The van der Waals surface area contributed by atoms with E-state index in [1.807, 2.05) is 0 Å². The lowest BCUT2D eigenvalue weighted by Crippen LogP contribution is -2.29. The molecule has 1 saturated heterocycles. The van der Waals surface area contributed by atoms with Crippen molar-refractivity contribution in [2.45, 2.75) is 25.7 Å². The third-order valence-electron chi connectivity index (χ3n) is 3.39. The van der Waals surface area contributed by atoms with Crippen molar-refractivity contribution >= 4 is 22.6 Å². The highest BCUT2D eigenvalue weighted by Gasteiger charge is 2.18. The summed E-state index contributed by atoms with van der Waals surface area (Å²) in [6.45, 7) is 4.67. The number of aryl methyl sites for hydroxylation is 1. The highest BCUT2D eigenvalue weighted by atomic mass is 127. The van der Waals surface area contributed by atoms with Gasteiger partial charge >= 0.3 is 0 Å². The Bertz CT molecular complexity index is 340. The van der Waals surface area contributed by atoms with Gasteiger partial charge in [0.15, 0.2) is 0 Å². The van der Waals surface area contributed by atoms with Gasteiger partial charge in [-0.15, -0.1) is 0 Å². The Morgan fingerprint density at radius 2 is 1.93 bits per heavy atom. The van der Waals surface area contributed by atoms with Crippen molar-refractivity contribution < 1.29 is 0 Å². The van der Waals surface area contributed by atoms with Gasteiger partial charge in [-0.05, 0) is 85.6 Å². The van der Waals surface area contributed by atoms with Crippen molar-refractivity contribution in [1.29, 1.82) is 0 Å². The molecule has 0 bridgehead atoms. The van der Waals surface area contributed by atoms with Gasteiger partial charge in [-0.3, -0.25) is 0 Å². The maximum absolute atomic E-state index is 2.44. The molecule has 0 radical (unpaired) electrons. The van der Waals surface area contributed by atoms with Gasteiger partial charge in [-0.1, -0.05) is 12.1 Å². The minimum Gasteiger partial charge on any atom is -0.306 e. The van der Waals surface area contributed by atoms with E-state index in [4.69, 9.17) is 0 Å². The van der Waals surface area contributed by atoms with Crippen LogP contribution < -0.4 is 0 Å². The molecule has 0 unspecified atom stereocenters. The lowest BCUT2D eigenvalue weighted by atomic mass is 9.89. The van der Waals surface area contributed by atoms with E-state index in [0.717, 1.165) is 5.92 Å². The number of nitrogens with zero attached hydrogens (tertiary/aromatic N) is 1. The highest BCUT2D eigenvalue weighted by Crippen LogP contribution is 2.29. The molecule has 1 fully saturated rings. The zero-order valence-corrected chi connectivity index (χ0v) is 11.6. The lowest BCUT2D eigenvalue weighted by Gasteiger charge is -2.29. The molecule has 1 aliphatic rings. The fourth-order valence-electron chi connectivity index (χ4n) is 2.20.